The first-order chi connectivity index (χ1) is 8.71. The first-order valence-electron chi connectivity index (χ1n) is 5.53. The Bertz CT molecular complexity index is 554. The van der Waals surface area contributed by atoms with Crippen molar-refractivity contribution in [1.29, 1.82) is 0 Å². The Balaban J connectivity index is 2.59. The van der Waals surface area contributed by atoms with E-state index in [1.54, 1.807) is 24.9 Å². The fraction of sp³-hybridized carbons (Fsp3) is 0.333. The molecule has 0 saturated carbocycles. The Morgan fingerprint density at radius 1 is 1.22 bits per heavy atom. The first kappa shape index (κ1) is 12.7. The Morgan fingerprint density at radius 3 is 2.61 bits per heavy atom. The van der Waals surface area contributed by atoms with E-state index in [1.807, 2.05) is 19.1 Å². The van der Waals surface area contributed by atoms with Gasteiger partial charge in [0.1, 0.15) is 17.3 Å². The second-order valence-corrected chi connectivity index (χ2v) is 3.95. The number of hydrogen-bond donors (Lipinski definition) is 0. The van der Waals surface area contributed by atoms with E-state index in [-0.39, 0.29) is 0 Å². The lowest BCUT2D eigenvalue weighted by atomic mass is 10.2. The molecule has 1 aromatic carbocycles. The quantitative estimate of drug-likeness (QED) is 0.854. The van der Waals surface area contributed by atoms with Gasteiger partial charge < -0.3 is 9.47 Å². The molecule has 1 heterocycles. The highest BCUT2D eigenvalue weighted by atomic mass is 35.5. The molecule has 0 amide bonds. The Kier molecular flexibility index (Phi) is 3.72. The monoisotopic (exact) mass is 267 g/mol. The van der Waals surface area contributed by atoms with Gasteiger partial charge in [0.15, 0.2) is 0 Å². The third kappa shape index (κ3) is 2.13. The van der Waals surface area contributed by atoms with Gasteiger partial charge in [-0.2, -0.15) is 0 Å². The Hall–Kier alpha value is -1.75. The van der Waals surface area contributed by atoms with Gasteiger partial charge in [-0.1, -0.05) is 6.92 Å². The average Bonchev–Trinajstić information content (AvgIpc) is 2.78. The number of rotatable bonds is 4. The van der Waals surface area contributed by atoms with E-state index in [1.165, 1.54) is 0 Å². The van der Waals surface area contributed by atoms with Crippen LogP contribution in [0.4, 0.5) is 0 Å². The fourth-order valence-electron chi connectivity index (χ4n) is 1.73. The zero-order valence-electron chi connectivity index (χ0n) is 10.5. The first-order valence-corrected chi connectivity index (χ1v) is 5.91. The van der Waals surface area contributed by atoms with Crippen LogP contribution in [0.25, 0.3) is 5.69 Å². The zero-order chi connectivity index (χ0) is 13.1. The summed E-state index contributed by atoms with van der Waals surface area (Å²) in [6.07, 6.45) is 0.731. The van der Waals surface area contributed by atoms with Crippen LogP contribution in [-0.2, 0) is 6.42 Å². The second-order valence-electron chi connectivity index (χ2n) is 3.61. The average molecular weight is 268 g/mol. The third-order valence-corrected chi connectivity index (χ3v) is 2.88. The van der Waals surface area contributed by atoms with Crippen LogP contribution in [0.3, 0.4) is 0 Å². The summed E-state index contributed by atoms with van der Waals surface area (Å²) in [6.45, 7) is 1.99. The van der Waals surface area contributed by atoms with Crippen LogP contribution < -0.4 is 9.47 Å². The molecule has 2 rings (SSSR count). The van der Waals surface area contributed by atoms with Gasteiger partial charge in [-0.25, -0.2) is 0 Å². The van der Waals surface area contributed by atoms with Crippen molar-refractivity contribution in [3.63, 3.8) is 0 Å². The summed E-state index contributed by atoms with van der Waals surface area (Å²) in [5.41, 5.74) is 0.796. The summed E-state index contributed by atoms with van der Waals surface area (Å²) >= 11 is 6.06. The third-order valence-electron chi connectivity index (χ3n) is 2.63. The molecule has 0 saturated heterocycles. The normalized spacial score (nSPS) is 10.4. The molecule has 0 aliphatic rings. The minimum absolute atomic E-state index is 0.315. The van der Waals surface area contributed by atoms with Crippen molar-refractivity contribution in [2.45, 2.75) is 13.3 Å². The number of nitrogens with zero attached hydrogens (tertiary/aromatic N) is 3. The van der Waals surface area contributed by atoms with Crippen molar-refractivity contribution >= 4 is 11.6 Å². The smallest absolute Gasteiger partial charge is 0.229 e. The minimum atomic E-state index is 0.315. The fourth-order valence-corrected chi connectivity index (χ4v) is 1.96. The number of aromatic nitrogens is 3. The summed E-state index contributed by atoms with van der Waals surface area (Å²) in [7, 11) is 3.21. The zero-order valence-corrected chi connectivity index (χ0v) is 11.2. The lowest BCUT2D eigenvalue weighted by Crippen LogP contribution is -2.03. The predicted molar refractivity (Wildman–Crippen MR) is 68.9 cm³/mol. The van der Waals surface area contributed by atoms with Crippen molar-refractivity contribution in [1.82, 2.24) is 14.8 Å². The SMILES string of the molecule is CCc1nnc(Cl)n1-c1ccc(OC)cc1OC. The van der Waals surface area contributed by atoms with Crippen LogP contribution in [0, 0.1) is 0 Å². The van der Waals surface area contributed by atoms with Gasteiger partial charge >= 0.3 is 0 Å². The number of benzene rings is 1. The summed E-state index contributed by atoms with van der Waals surface area (Å²) in [5.74, 6) is 2.16. The number of methoxy groups -OCH3 is 2. The molecule has 2 aromatic rings. The van der Waals surface area contributed by atoms with Crippen molar-refractivity contribution in [2.24, 2.45) is 0 Å². The van der Waals surface area contributed by atoms with E-state index in [0.29, 0.717) is 11.0 Å². The molecular formula is C12H14ClN3O2. The molecule has 0 fully saturated rings. The largest absolute Gasteiger partial charge is 0.497 e. The van der Waals surface area contributed by atoms with Crippen LogP contribution in [0.1, 0.15) is 12.7 Å². The van der Waals surface area contributed by atoms with Crippen LogP contribution in [0.5, 0.6) is 11.5 Å². The van der Waals surface area contributed by atoms with E-state index < -0.39 is 0 Å². The molecule has 0 aliphatic carbocycles. The summed E-state index contributed by atoms with van der Waals surface area (Å²) in [4.78, 5) is 0. The maximum Gasteiger partial charge on any atom is 0.229 e. The van der Waals surface area contributed by atoms with Crippen molar-refractivity contribution < 1.29 is 9.47 Å². The van der Waals surface area contributed by atoms with E-state index in [0.717, 1.165) is 23.7 Å². The Morgan fingerprint density at radius 2 is 2.00 bits per heavy atom. The topological polar surface area (TPSA) is 49.2 Å². The van der Waals surface area contributed by atoms with Gasteiger partial charge in [-0.05, 0) is 23.7 Å². The van der Waals surface area contributed by atoms with Crippen molar-refractivity contribution in [3.8, 4) is 17.2 Å². The molecule has 0 radical (unpaired) electrons. The summed E-state index contributed by atoms with van der Waals surface area (Å²) in [5, 5.41) is 8.21. The van der Waals surface area contributed by atoms with Gasteiger partial charge in [0.25, 0.3) is 0 Å². The molecule has 1 aromatic heterocycles. The van der Waals surface area contributed by atoms with Crippen LogP contribution in [-0.4, -0.2) is 29.0 Å². The van der Waals surface area contributed by atoms with Gasteiger partial charge in [-0.3, -0.25) is 4.57 Å². The molecule has 0 unspecified atom stereocenters. The second kappa shape index (κ2) is 5.27. The van der Waals surface area contributed by atoms with Gasteiger partial charge in [-0.15, -0.1) is 10.2 Å². The standard InChI is InChI=1S/C12H14ClN3O2/c1-4-11-14-15-12(13)16(11)9-6-5-8(17-2)7-10(9)18-3/h5-7H,4H2,1-3H3. The van der Waals surface area contributed by atoms with Crippen molar-refractivity contribution in [2.75, 3.05) is 14.2 Å². The molecule has 6 heteroatoms. The van der Waals surface area contributed by atoms with Gasteiger partial charge in [0.2, 0.25) is 5.28 Å². The van der Waals surface area contributed by atoms with Crippen LogP contribution >= 0.6 is 11.6 Å². The van der Waals surface area contributed by atoms with Crippen LogP contribution in [0.2, 0.25) is 5.28 Å². The highest BCUT2D eigenvalue weighted by molar-refractivity contribution is 6.28. The molecular weight excluding hydrogens is 254 g/mol. The number of ether oxygens (including phenoxy) is 2. The molecule has 0 N–H and O–H groups in total. The molecule has 96 valence electrons. The molecule has 0 bridgehead atoms. The van der Waals surface area contributed by atoms with E-state index in [4.69, 9.17) is 21.1 Å². The predicted octanol–water partition coefficient (Wildman–Crippen LogP) is 2.50. The molecule has 0 spiro atoms. The van der Waals surface area contributed by atoms with Crippen molar-refractivity contribution in [3.05, 3.63) is 29.3 Å². The van der Waals surface area contributed by atoms with Gasteiger partial charge in [0.05, 0.1) is 19.9 Å². The van der Waals surface area contributed by atoms with Gasteiger partial charge in [0, 0.05) is 12.5 Å². The highest BCUT2D eigenvalue weighted by Gasteiger charge is 2.15. The highest BCUT2D eigenvalue weighted by Crippen LogP contribution is 2.30. The molecule has 18 heavy (non-hydrogen) atoms. The maximum absolute atomic E-state index is 6.06. The lowest BCUT2D eigenvalue weighted by Gasteiger charge is -2.12. The minimum Gasteiger partial charge on any atom is -0.497 e. The number of aryl methyl sites for hydroxylation is 1. The molecule has 0 atom stereocenters. The number of hydrogen-bond acceptors (Lipinski definition) is 4. The maximum atomic E-state index is 6.06. The number of halogens is 1. The molecule has 5 nitrogen and oxygen atoms in total. The summed E-state index contributed by atoms with van der Waals surface area (Å²) < 4.78 is 12.3. The Labute approximate surface area is 110 Å². The van der Waals surface area contributed by atoms with Crippen LogP contribution in [0.15, 0.2) is 18.2 Å². The van der Waals surface area contributed by atoms with E-state index >= 15 is 0 Å². The van der Waals surface area contributed by atoms with E-state index in [2.05, 4.69) is 10.2 Å². The van der Waals surface area contributed by atoms with E-state index in [9.17, 15) is 0 Å². The lowest BCUT2D eigenvalue weighted by molar-refractivity contribution is 0.393. The summed E-state index contributed by atoms with van der Waals surface area (Å²) in [6, 6.07) is 5.50. The molecule has 0 aliphatic heterocycles.